The van der Waals surface area contributed by atoms with Crippen LogP contribution in [0.3, 0.4) is 0 Å². The van der Waals surface area contributed by atoms with Gasteiger partial charge in [-0.3, -0.25) is 14.9 Å². The molecule has 3 aromatic carbocycles. The van der Waals surface area contributed by atoms with Gasteiger partial charge in [-0.15, -0.1) is 0 Å². The summed E-state index contributed by atoms with van der Waals surface area (Å²) in [6, 6.07) is 18.2. The molecule has 0 aliphatic carbocycles. The van der Waals surface area contributed by atoms with Crippen LogP contribution in [-0.2, 0) is 0 Å². The highest BCUT2D eigenvalue weighted by Gasteiger charge is 2.16. The molecule has 0 atom stereocenters. The van der Waals surface area contributed by atoms with Gasteiger partial charge in [-0.1, -0.05) is 41.9 Å². The molecule has 0 heterocycles. The number of benzene rings is 3. The zero-order valence-electron chi connectivity index (χ0n) is 14.3. The van der Waals surface area contributed by atoms with E-state index in [2.05, 4.69) is 5.32 Å². The first-order valence-electron chi connectivity index (χ1n) is 8.03. The van der Waals surface area contributed by atoms with Crippen molar-refractivity contribution in [2.75, 3.05) is 5.32 Å². The predicted molar refractivity (Wildman–Crippen MR) is 104 cm³/mol. The molecular weight excluding hydrogens is 368 g/mol. The van der Waals surface area contributed by atoms with E-state index in [-0.39, 0.29) is 11.3 Å². The summed E-state index contributed by atoms with van der Waals surface area (Å²) in [4.78, 5) is 23.1. The summed E-state index contributed by atoms with van der Waals surface area (Å²) in [5, 5.41) is 14.2. The third-order valence-corrected chi connectivity index (χ3v) is 4.17. The quantitative estimate of drug-likeness (QED) is 0.460. The maximum absolute atomic E-state index is 12.6. The fourth-order valence-corrected chi connectivity index (χ4v) is 2.62. The lowest BCUT2D eigenvalue weighted by Crippen LogP contribution is -2.13. The Balaban J connectivity index is 1.86. The average Bonchev–Trinajstić information content (AvgIpc) is 2.65. The Kier molecular flexibility index (Phi) is 5.38. The van der Waals surface area contributed by atoms with Gasteiger partial charge in [0.05, 0.1) is 15.6 Å². The molecule has 0 aliphatic rings. The van der Waals surface area contributed by atoms with E-state index in [0.29, 0.717) is 27.8 Å². The van der Waals surface area contributed by atoms with Crippen LogP contribution >= 0.6 is 11.6 Å². The molecule has 27 heavy (non-hydrogen) atoms. The minimum Gasteiger partial charge on any atom is -0.454 e. The first-order chi connectivity index (χ1) is 13.0. The standard InChI is InChI=1S/C20H15ClN2O4/c1-13-10-11-14(12-17(13)23(25)26)20(24)22-16-7-3-5-9-19(16)27-18-8-4-2-6-15(18)21/h2-12H,1H3,(H,22,24). The average molecular weight is 383 g/mol. The monoisotopic (exact) mass is 382 g/mol. The molecule has 0 fully saturated rings. The smallest absolute Gasteiger partial charge is 0.273 e. The van der Waals surface area contributed by atoms with Gasteiger partial charge in [-0.25, -0.2) is 0 Å². The van der Waals surface area contributed by atoms with Gasteiger partial charge in [-0.05, 0) is 37.3 Å². The third kappa shape index (κ3) is 4.24. The van der Waals surface area contributed by atoms with Gasteiger partial charge in [0.15, 0.2) is 5.75 Å². The number of carbonyl (C=O) groups is 1. The van der Waals surface area contributed by atoms with Gasteiger partial charge in [0.2, 0.25) is 0 Å². The van der Waals surface area contributed by atoms with Crippen molar-refractivity contribution in [3.05, 3.63) is 93.0 Å². The maximum atomic E-state index is 12.6. The van der Waals surface area contributed by atoms with Crippen molar-refractivity contribution >= 4 is 28.9 Å². The Morgan fingerprint density at radius 1 is 1.04 bits per heavy atom. The van der Waals surface area contributed by atoms with E-state index in [0.717, 1.165) is 0 Å². The highest BCUT2D eigenvalue weighted by Crippen LogP contribution is 2.33. The number of nitrogens with one attached hydrogen (secondary N) is 1. The lowest BCUT2D eigenvalue weighted by molar-refractivity contribution is -0.385. The lowest BCUT2D eigenvalue weighted by Gasteiger charge is -2.13. The molecular formula is C20H15ClN2O4. The molecule has 1 N–H and O–H groups in total. The second kappa shape index (κ2) is 7.88. The normalized spacial score (nSPS) is 10.3. The van der Waals surface area contributed by atoms with Gasteiger partial charge in [0.25, 0.3) is 11.6 Å². The zero-order valence-corrected chi connectivity index (χ0v) is 15.1. The van der Waals surface area contributed by atoms with Crippen molar-refractivity contribution in [3.8, 4) is 11.5 Å². The number of hydrogen-bond acceptors (Lipinski definition) is 4. The Morgan fingerprint density at radius 3 is 2.41 bits per heavy atom. The van der Waals surface area contributed by atoms with Gasteiger partial charge in [0.1, 0.15) is 5.75 Å². The molecule has 0 aromatic heterocycles. The third-order valence-electron chi connectivity index (χ3n) is 3.86. The van der Waals surface area contributed by atoms with Crippen molar-refractivity contribution < 1.29 is 14.5 Å². The highest BCUT2D eigenvalue weighted by molar-refractivity contribution is 6.32. The highest BCUT2D eigenvalue weighted by atomic mass is 35.5. The van der Waals surface area contributed by atoms with Crippen LogP contribution in [0.5, 0.6) is 11.5 Å². The number of nitrogens with zero attached hydrogens (tertiary/aromatic N) is 1. The first kappa shape index (κ1) is 18.4. The number of para-hydroxylation sites is 3. The molecule has 136 valence electrons. The Labute approximate surface area is 160 Å². The molecule has 1 amide bonds. The lowest BCUT2D eigenvalue weighted by atomic mass is 10.1. The summed E-state index contributed by atoms with van der Waals surface area (Å²) in [5.41, 5.74) is 0.979. The van der Waals surface area contributed by atoms with Crippen molar-refractivity contribution in [2.45, 2.75) is 6.92 Å². The van der Waals surface area contributed by atoms with Gasteiger partial charge in [-0.2, -0.15) is 0 Å². The second-order valence-corrected chi connectivity index (χ2v) is 6.15. The Hall–Kier alpha value is -3.38. The van der Waals surface area contributed by atoms with Crippen molar-refractivity contribution in [2.24, 2.45) is 0 Å². The van der Waals surface area contributed by atoms with Crippen LogP contribution in [-0.4, -0.2) is 10.8 Å². The van der Waals surface area contributed by atoms with Crippen LogP contribution < -0.4 is 10.1 Å². The number of ether oxygens (including phenoxy) is 1. The number of amides is 1. The minimum atomic E-state index is -0.513. The molecule has 3 rings (SSSR count). The summed E-state index contributed by atoms with van der Waals surface area (Å²) in [7, 11) is 0. The van der Waals surface area contributed by atoms with Crippen LogP contribution in [0.2, 0.25) is 5.02 Å². The fourth-order valence-electron chi connectivity index (χ4n) is 2.45. The van der Waals surface area contributed by atoms with Crippen LogP contribution in [0.15, 0.2) is 66.7 Å². The van der Waals surface area contributed by atoms with E-state index in [1.165, 1.54) is 12.1 Å². The van der Waals surface area contributed by atoms with Crippen molar-refractivity contribution in [1.82, 2.24) is 0 Å². The topological polar surface area (TPSA) is 81.5 Å². The first-order valence-corrected chi connectivity index (χ1v) is 8.41. The zero-order chi connectivity index (χ0) is 19.4. The van der Waals surface area contributed by atoms with E-state index in [9.17, 15) is 14.9 Å². The fraction of sp³-hybridized carbons (Fsp3) is 0.0500. The number of rotatable bonds is 5. The van der Waals surface area contributed by atoms with Gasteiger partial charge < -0.3 is 10.1 Å². The number of nitro benzene ring substituents is 1. The SMILES string of the molecule is Cc1ccc(C(=O)Nc2ccccc2Oc2ccccc2Cl)cc1[N+](=O)[O-]. The van der Waals surface area contributed by atoms with Crippen LogP contribution in [0.25, 0.3) is 0 Å². The maximum Gasteiger partial charge on any atom is 0.273 e. The molecule has 7 heteroatoms. The predicted octanol–water partition coefficient (Wildman–Crippen LogP) is 5.60. The number of carbonyl (C=O) groups excluding carboxylic acids is 1. The molecule has 0 saturated heterocycles. The Bertz CT molecular complexity index is 1020. The summed E-state index contributed by atoms with van der Waals surface area (Å²) in [6.45, 7) is 1.62. The second-order valence-electron chi connectivity index (χ2n) is 5.74. The van der Waals surface area contributed by atoms with Gasteiger partial charge in [0, 0.05) is 17.2 Å². The molecule has 0 radical (unpaired) electrons. The minimum absolute atomic E-state index is 0.108. The van der Waals surface area contributed by atoms with Crippen LogP contribution in [0.1, 0.15) is 15.9 Å². The van der Waals surface area contributed by atoms with Crippen molar-refractivity contribution in [3.63, 3.8) is 0 Å². The van der Waals surface area contributed by atoms with Crippen molar-refractivity contribution in [1.29, 1.82) is 0 Å². The van der Waals surface area contributed by atoms with E-state index < -0.39 is 10.8 Å². The molecule has 0 unspecified atom stereocenters. The summed E-state index contributed by atoms with van der Waals surface area (Å²) in [6.07, 6.45) is 0. The molecule has 0 bridgehead atoms. The summed E-state index contributed by atoms with van der Waals surface area (Å²) in [5.74, 6) is 0.376. The number of halogens is 1. The van der Waals surface area contributed by atoms with Crippen LogP contribution in [0, 0.1) is 17.0 Å². The molecule has 0 aliphatic heterocycles. The molecule has 3 aromatic rings. The van der Waals surface area contributed by atoms with E-state index >= 15 is 0 Å². The summed E-state index contributed by atoms with van der Waals surface area (Å²) >= 11 is 6.11. The molecule has 6 nitrogen and oxygen atoms in total. The number of aryl methyl sites for hydroxylation is 1. The van der Waals surface area contributed by atoms with E-state index in [1.807, 2.05) is 0 Å². The number of nitro groups is 1. The van der Waals surface area contributed by atoms with E-state index in [4.69, 9.17) is 16.3 Å². The van der Waals surface area contributed by atoms with Crippen LogP contribution in [0.4, 0.5) is 11.4 Å². The van der Waals surface area contributed by atoms with Gasteiger partial charge >= 0.3 is 0 Å². The van der Waals surface area contributed by atoms with E-state index in [1.54, 1.807) is 61.5 Å². The summed E-state index contributed by atoms with van der Waals surface area (Å²) < 4.78 is 5.80. The molecule has 0 spiro atoms. The Morgan fingerprint density at radius 2 is 1.70 bits per heavy atom. The number of anilines is 1. The number of hydrogen-bond donors (Lipinski definition) is 1. The largest absolute Gasteiger partial charge is 0.454 e. The molecule has 0 saturated carbocycles.